The van der Waals surface area contributed by atoms with Crippen LogP contribution in [-0.2, 0) is 19.1 Å². The van der Waals surface area contributed by atoms with Gasteiger partial charge >= 0.3 is 5.97 Å². The number of hydrogen-bond donors (Lipinski definition) is 1. The van der Waals surface area contributed by atoms with E-state index in [4.69, 9.17) is 4.74 Å². The summed E-state index contributed by atoms with van der Waals surface area (Å²) < 4.78 is 4.61. The molecule has 1 N–H and O–H groups in total. The van der Waals surface area contributed by atoms with E-state index in [0.717, 1.165) is 22.4 Å². The third-order valence-electron chi connectivity index (χ3n) is 8.50. The second kappa shape index (κ2) is 11.8. The Bertz CT molecular complexity index is 1370. The molecule has 3 heterocycles. The van der Waals surface area contributed by atoms with E-state index in [1.54, 1.807) is 27.6 Å². The average molecular weight is 640 g/mol. The number of likely N-dealkylation sites (tertiary alicyclic amines) is 1. The van der Waals surface area contributed by atoms with Crippen LogP contribution in [0.3, 0.4) is 0 Å². The Morgan fingerprint density at radius 3 is 2.61 bits per heavy atom. The second-order valence-electron chi connectivity index (χ2n) is 11.0. The van der Waals surface area contributed by atoms with Gasteiger partial charge in [-0.25, -0.2) is 0 Å². The minimum Gasteiger partial charge on any atom is -0.461 e. The van der Waals surface area contributed by atoms with Gasteiger partial charge in [-0.3, -0.25) is 14.4 Å². The zero-order valence-electron chi connectivity index (χ0n) is 23.2. The van der Waals surface area contributed by atoms with E-state index in [-0.39, 0.29) is 41.6 Å². The molecule has 3 aliphatic rings. The highest BCUT2D eigenvalue weighted by Gasteiger charge is 2.76. The molecule has 5 rings (SSSR count). The van der Waals surface area contributed by atoms with Crippen LogP contribution in [0.5, 0.6) is 0 Å². The Morgan fingerprint density at radius 2 is 1.95 bits per heavy atom. The average Bonchev–Trinajstić information content (AvgIpc) is 3.56. The van der Waals surface area contributed by atoms with Crippen molar-refractivity contribution < 1.29 is 24.2 Å². The lowest BCUT2D eigenvalue weighted by atomic mass is 9.71. The van der Waals surface area contributed by atoms with Crippen molar-refractivity contribution in [2.75, 3.05) is 24.7 Å². The molecule has 3 saturated heterocycles. The minimum atomic E-state index is -0.926. The van der Waals surface area contributed by atoms with Crippen molar-refractivity contribution in [3.63, 3.8) is 0 Å². The summed E-state index contributed by atoms with van der Waals surface area (Å²) in [5.74, 6) is -2.51. The van der Waals surface area contributed by atoms with E-state index in [2.05, 4.69) is 29.1 Å². The van der Waals surface area contributed by atoms with Gasteiger partial charge in [-0.15, -0.1) is 18.3 Å². The Kier molecular flexibility index (Phi) is 8.51. The highest BCUT2D eigenvalue weighted by molar-refractivity contribution is 9.09. The standard InChI is InChI=1S/C32H35BrN2O5S/c1-5-14-34(23-16-19(3)12-13-20(23)4)30(38)28-32-17-22(33)27(41-32)25(31(39)40-15-6-2)26(32)29(37)35(28)24(18-36)21-10-8-7-9-11-21/h5-13,16,22,24-28,36H,1-2,14-15,17-18H2,3-4H3/t22?,24-,25+,26+,27+,28?,32?/m1/s1. The molecule has 2 aromatic carbocycles. The van der Waals surface area contributed by atoms with Gasteiger partial charge in [0, 0.05) is 22.3 Å². The topological polar surface area (TPSA) is 87.1 Å². The molecular weight excluding hydrogens is 604 g/mol. The first-order valence-electron chi connectivity index (χ1n) is 13.8. The van der Waals surface area contributed by atoms with Gasteiger partial charge in [0.1, 0.15) is 12.6 Å². The highest BCUT2D eigenvalue weighted by Crippen LogP contribution is 2.68. The number of thioether (sulfide) groups is 1. The molecule has 41 heavy (non-hydrogen) atoms. The lowest BCUT2D eigenvalue weighted by Gasteiger charge is -2.40. The molecule has 7 nitrogen and oxygen atoms in total. The Labute approximate surface area is 253 Å². The number of esters is 1. The summed E-state index contributed by atoms with van der Waals surface area (Å²) in [5, 5.41) is 10.5. The number of aliphatic hydroxyl groups is 1. The van der Waals surface area contributed by atoms with E-state index in [0.29, 0.717) is 6.42 Å². The summed E-state index contributed by atoms with van der Waals surface area (Å²) in [7, 11) is 0. The third-order valence-corrected chi connectivity index (χ3v) is 11.7. The van der Waals surface area contributed by atoms with Gasteiger partial charge in [0.15, 0.2) is 0 Å². The van der Waals surface area contributed by atoms with Gasteiger partial charge in [0.25, 0.3) is 5.91 Å². The number of carbonyl (C=O) groups excluding carboxylic acids is 3. The Hall–Kier alpha value is -2.88. The number of anilines is 1. The number of fused-ring (bicyclic) bond motifs is 1. The van der Waals surface area contributed by atoms with Crippen LogP contribution in [0.4, 0.5) is 5.69 Å². The van der Waals surface area contributed by atoms with Crippen molar-refractivity contribution in [2.45, 2.75) is 47.2 Å². The molecule has 3 fully saturated rings. The lowest BCUT2D eigenvalue weighted by molar-refractivity contribution is -0.153. The molecule has 0 aliphatic carbocycles. The summed E-state index contributed by atoms with van der Waals surface area (Å²) in [6, 6.07) is 13.5. The quantitative estimate of drug-likeness (QED) is 0.230. The maximum absolute atomic E-state index is 14.9. The first kappa shape index (κ1) is 29.6. The highest BCUT2D eigenvalue weighted by atomic mass is 79.9. The number of rotatable bonds is 10. The molecule has 2 bridgehead atoms. The molecule has 1 spiro atoms. The third kappa shape index (κ3) is 4.85. The largest absolute Gasteiger partial charge is 0.461 e. The zero-order valence-corrected chi connectivity index (χ0v) is 25.6. The van der Waals surface area contributed by atoms with Crippen LogP contribution in [0.25, 0.3) is 0 Å². The van der Waals surface area contributed by atoms with Crippen LogP contribution in [0.15, 0.2) is 73.8 Å². The number of aliphatic hydroxyl groups excluding tert-OH is 1. The fourth-order valence-corrected chi connectivity index (χ4v) is 10.4. The van der Waals surface area contributed by atoms with Crippen LogP contribution in [0, 0.1) is 25.7 Å². The van der Waals surface area contributed by atoms with Gasteiger partial charge in [0.2, 0.25) is 5.91 Å². The van der Waals surface area contributed by atoms with Gasteiger partial charge in [-0.2, -0.15) is 0 Å². The molecule has 0 radical (unpaired) electrons. The SMILES string of the molecule is C=CCOC(=O)[C@H]1[C@H]2C(=O)N([C@H](CO)c3ccccc3)C(C(=O)N(CC=C)c3cc(C)ccc3C)C23CC(Br)[C@@H]1S3. The van der Waals surface area contributed by atoms with Crippen molar-refractivity contribution in [3.05, 3.63) is 90.5 Å². The fourth-order valence-electron chi connectivity index (χ4n) is 6.81. The molecule has 7 atom stereocenters. The molecule has 0 aromatic heterocycles. The first-order chi connectivity index (χ1) is 19.7. The van der Waals surface area contributed by atoms with Crippen LogP contribution in [-0.4, -0.2) is 68.4 Å². The minimum absolute atomic E-state index is 0.0443. The molecule has 3 aliphatic heterocycles. The van der Waals surface area contributed by atoms with E-state index in [1.807, 2.05) is 62.4 Å². The number of aryl methyl sites for hydroxylation is 2. The van der Waals surface area contributed by atoms with E-state index in [1.165, 1.54) is 6.08 Å². The van der Waals surface area contributed by atoms with Gasteiger partial charge < -0.3 is 19.6 Å². The van der Waals surface area contributed by atoms with Crippen molar-refractivity contribution in [1.29, 1.82) is 0 Å². The monoisotopic (exact) mass is 638 g/mol. The van der Waals surface area contributed by atoms with E-state index < -0.39 is 34.6 Å². The zero-order chi connectivity index (χ0) is 29.5. The molecule has 2 aromatic rings. The second-order valence-corrected chi connectivity index (χ2v) is 13.7. The summed E-state index contributed by atoms with van der Waals surface area (Å²) in [4.78, 5) is 46.1. The first-order valence-corrected chi connectivity index (χ1v) is 15.6. The number of hydrogen-bond acceptors (Lipinski definition) is 6. The number of halogens is 1. The van der Waals surface area contributed by atoms with Crippen LogP contribution < -0.4 is 4.90 Å². The molecule has 0 saturated carbocycles. The maximum Gasteiger partial charge on any atom is 0.311 e. The van der Waals surface area contributed by atoms with Crippen molar-refractivity contribution in [1.82, 2.24) is 4.90 Å². The summed E-state index contributed by atoms with van der Waals surface area (Å²) in [6.07, 6.45) is 3.71. The molecule has 2 amide bonds. The van der Waals surface area contributed by atoms with Gasteiger partial charge in [-0.05, 0) is 43.0 Å². The smallest absolute Gasteiger partial charge is 0.311 e. The molecule has 3 unspecified atom stereocenters. The number of amides is 2. The lowest BCUT2D eigenvalue weighted by Crippen LogP contribution is -2.56. The summed E-state index contributed by atoms with van der Waals surface area (Å²) >= 11 is 5.33. The number of alkyl halides is 1. The van der Waals surface area contributed by atoms with E-state index in [9.17, 15) is 19.5 Å². The van der Waals surface area contributed by atoms with Crippen molar-refractivity contribution >= 4 is 51.2 Å². The molecular formula is C32H35BrN2O5S. The number of benzene rings is 2. The normalized spacial score (nSPS) is 28.7. The van der Waals surface area contributed by atoms with Gasteiger partial charge in [-0.1, -0.05) is 77.1 Å². The number of nitrogens with zero attached hydrogens (tertiary/aromatic N) is 2. The predicted octanol–water partition coefficient (Wildman–Crippen LogP) is 4.75. The summed E-state index contributed by atoms with van der Waals surface area (Å²) in [5.41, 5.74) is 3.39. The fraction of sp³-hybridized carbons (Fsp3) is 0.406. The van der Waals surface area contributed by atoms with Crippen LogP contribution in [0.2, 0.25) is 0 Å². The Morgan fingerprint density at radius 1 is 1.22 bits per heavy atom. The van der Waals surface area contributed by atoms with Crippen molar-refractivity contribution in [2.24, 2.45) is 11.8 Å². The van der Waals surface area contributed by atoms with Crippen LogP contribution in [0.1, 0.15) is 29.2 Å². The number of ether oxygens (including phenoxy) is 1. The van der Waals surface area contributed by atoms with Crippen LogP contribution >= 0.6 is 27.7 Å². The molecule has 216 valence electrons. The van der Waals surface area contributed by atoms with Crippen molar-refractivity contribution in [3.8, 4) is 0 Å². The maximum atomic E-state index is 14.9. The Balaban J connectivity index is 1.67. The number of carbonyl (C=O) groups is 3. The summed E-state index contributed by atoms with van der Waals surface area (Å²) in [6.45, 7) is 11.4. The van der Waals surface area contributed by atoms with Gasteiger partial charge in [0.05, 0.1) is 29.2 Å². The molecule has 9 heteroatoms. The van der Waals surface area contributed by atoms with E-state index >= 15 is 0 Å². The predicted molar refractivity (Wildman–Crippen MR) is 165 cm³/mol.